The molecule has 0 saturated carbocycles. The van der Waals surface area contributed by atoms with Gasteiger partial charge >= 0.3 is 0 Å². The highest BCUT2D eigenvalue weighted by Crippen LogP contribution is 2.36. The van der Waals surface area contributed by atoms with Gasteiger partial charge in [-0.1, -0.05) is 43.6 Å². The monoisotopic (exact) mass is 648 g/mol. The molecule has 3 aromatic carbocycles. The first kappa shape index (κ1) is 34.3. The summed E-state index contributed by atoms with van der Waals surface area (Å²) in [6, 6.07) is 11.8. The molecule has 236 valence electrons. The normalized spacial score (nSPS) is 12.0. The lowest BCUT2D eigenvalue weighted by Gasteiger charge is -2.32. The molecule has 0 bridgehead atoms. The first-order chi connectivity index (χ1) is 20.6. The summed E-state index contributed by atoms with van der Waals surface area (Å²) in [5.41, 5.74) is 0.204. The maximum absolute atomic E-state index is 14.1. The molecule has 0 aliphatic heterocycles. The number of sulfonamides is 1. The number of hydrogen-bond donors (Lipinski definition) is 1. The summed E-state index contributed by atoms with van der Waals surface area (Å²) >= 11 is 6.23. The number of anilines is 1. The number of carbonyl (C=O) groups excluding carboxylic acids is 2. The number of benzene rings is 3. The molecule has 0 fully saturated rings. The van der Waals surface area contributed by atoms with Crippen molar-refractivity contribution in [1.29, 1.82) is 0 Å². The van der Waals surface area contributed by atoms with Crippen molar-refractivity contribution in [3.8, 4) is 5.75 Å². The van der Waals surface area contributed by atoms with Crippen LogP contribution in [0.25, 0.3) is 0 Å². The highest BCUT2D eigenvalue weighted by molar-refractivity contribution is 7.92. The van der Waals surface area contributed by atoms with Gasteiger partial charge in [0.15, 0.2) is 0 Å². The second kappa shape index (κ2) is 14.5. The molecule has 1 N–H and O–H groups in total. The second-order valence-electron chi connectivity index (χ2n) is 10.5. The Kier molecular flexibility index (Phi) is 11.3. The van der Waals surface area contributed by atoms with Crippen LogP contribution < -0.4 is 14.4 Å². The Morgan fingerprint density at radius 1 is 1.07 bits per heavy atom. The van der Waals surface area contributed by atoms with Gasteiger partial charge in [0.25, 0.3) is 15.7 Å². The Bertz CT molecular complexity index is 1630. The Hall–Kier alpha value is -4.23. The van der Waals surface area contributed by atoms with Gasteiger partial charge in [0.05, 0.1) is 22.6 Å². The number of aryl methyl sites for hydroxylation is 1. The number of halogens is 2. The van der Waals surface area contributed by atoms with Gasteiger partial charge in [0, 0.05) is 29.7 Å². The zero-order valence-corrected chi connectivity index (χ0v) is 26.5. The fourth-order valence-corrected chi connectivity index (χ4v) is 5.87. The third-order valence-corrected chi connectivity index (χ3v) is 8.76. The molecule has 3 aromatic rings. The molecule has 2 amide bonds. The van der Waals surface area contributed by atoms with E-state index in [1.165, 1.54) is 80.5 Å². The molecule has 3 rings (SSSR count). The predicted molar refractivity (Wildman–Crippen MR) is 165 cm³/mol. The van der Waals surface area contributed by atoms with Crippen LogP contribution in [0.5, 0.6) is 5.75 Å². The number of nitrogens with zero attached hydrogens (tertiary/aromatic N) is 3. The number of ether oxygens (including phenoxy) is 1. The molecule has 0 radical (unpaired) electrons. The van der Waals surface area contributed by atoms with Gasteiger partial charge in [-0.25, -0.2) is 12.8 Å². The summed E-state index contributed by atoms with van der Waals surface area (Å²) in [7, 11) is -3.35. The standard InChI is InChI=1S/C30H34ClFN4O7S/c1-19(2)16-33-30(38)21(4)34(17-22-7-10-24(32)11-8-22)29(37)18-35(27-14-23(31)9-13-28(27)43-5)44(41,42)25-12-6-20(3)26(15-25)36(39)40/h6-15,19,21H,16-18H2,1-5H3,(H,33,38)/t21-/m0/s1. The van der Waals surface area contributed by atoms with Crippen molar-refractivity contribution in [1.82, 2.24) is 10.2 Å². The molecule has 0 aromatic heterocycles. The molecular formula is C30H34ClFN4O7S. The molecule has 0 aliphatic carbocycles. The molecule has 0 unspecified atom stereocenters. The summed E-state index contributed by atoms with van der Waals surface area (Å²) in [6.45, 7) is 6.14. The van der Waals surface area contributed by atoms with Crippen molar-refractivity contribution in [3.05, 3.63) is 92.7 Å². The van der Waals surface area contributed by atoms with E-state index in [0.717, 1.165) is 10.4 Å². The minimum atomic E-state index is -4.66. The fraction of sp³-hybridized carbons (Fsp3) is 0.333. The molecule has 0 saturated heterocycles. The van der Waals surface area contributed by atoms with E-state index in [1.807, 2.05) is 13.8 Å². The smallest absolute Gasteiger partial charge is 0.273 e. The number of amides is 2. The molecule has 1 atom stereocenters. The van der Waals surface area contributed by atoms with Gasteiger partial charge < -0.3 is 15.0 Å². The number of methoxy groups -OCH3 is 1. The van der Waals surface area contributed by atoms with E-state index in [1.54, 1.807) is 0 Å². The molecule has 14 heteroatoms. The van der Waals surface area contributed by atoms with Crippen LogP contribution in [0.15, 0.2) is 65.6 Å². The number of nitro benzene ring substituents is 1. The van der Waals surface area contributed by atoms with Crippen LogP contribution in [0.2, 0.25) is 5.02 Å². The van der Waals surface area contributed by atoms with Crippen LogP contribution in [0.4, 0.5) is 15.8 Å². The fourth-order valence-electron chi connectivity index (χ4n) is 4.27. The van der Waals surface area contributed by atoms with Crippen LogP contribution in [0.3, 0.4) is 0 Å². The third kappa shape index (κ3) is 8.23. The van der Waals surface area contributed by atoms with Gasteiger partial charge in [-0.05, 0) is 61.7 Å². The lowest BCUT2D eigenvalue weighted by atomic mass is 10.1. The van der Waals surface area contributed by atoms with Crippen LogP contribution in [0, 0.1) is 28.8 Å². The Balaban J connectivity index is 2.14. The number of hydrogen-bond acceptors (Lipinski definition) is 7. The van der Waals surface area contributed by atoms with E-state index in [2.05, 4.69) is 5.32 Å². The average molecular weight is 649 g/mol. The summed E-state index contributed by atoms with van der Waals surface area (Å²) in [5.74, 6) is -1.57. The quantitative estimate of drug-likeness (QED) is 0.201. The predicted octanol–water partition coefficient (Wildman–Crippen LogP) is 5.09. The Morgan fingerprint density at radius 2 is 1.73 bits per heavy atom. The van der Waals surface area contributed by atoms with E-state index < -0.39 is 55.7 Å². The summed E-state index contributed by atoms with van der Waals surface area (Å²) < 4.78 is 48.0. The van der Waals surface area contributed by atoms with E-state index in [-0.39, 0.29) is 34.5 Å². The average Bonchev–Trinajstić information content (AvgIpc) is 2.97. The molecule has 0 aliphatic rings. The number of nitro groups is 1. The largest absolute Gasteiger partial charge is 0.495 e. The van der Waals surface area contributed by atoms with E-state index in [0.29, 0.717) is 12.1 Å². The molecule has 0 spiro atoms. The summed E-state index contributed by atoms with van der Waals surface area (Å²) in [5, 5.41) is 14.5. The van der Waals surface area contributed by atoms with Gasteiger partial charge in [0.1, 0.15) is 24.2 Å². The van der Waals surface area contributed by atoms with Crippen molar-refractivity contribution in [2.75, 3.05) is 24.5 Å². The molecule has 11 nitrogen and oxygen atoms in total. The lowest BCUT2D eigenvalue weighted by molar-refractivity contribution is -0.385. The maximum Gasteiger partial charge on any atom is 0.273 e. The Labute approximate surface area is 260 Å². The summed E-state index contributed by atoms with van der Waals surface area (Å²) in [6.07, 6.45) is 0. The third-order valence-electron chi connectivity index (χ3n) is 6.77. The van der Waals surface area contributed by atoms with Gasteiger partial charge in [-0.3, -0.25) is 24.0 Å². The SMILES string of the molecule is COc1ccc(Cl)cc1N(CC(=O)N(Cc1ccc(F)cc1)[C@@H](C)C(=O)NCC(C)C)S(=O)(=O)c1ccc(C)c([N+](=O)[O-])c1. The molecule has 44 heavy (non-hydrogen) atoms. The van der Waals surface area contributed by atoms with Crippen LogP contribution in [0.1, 0.15) is 31.9 Å². The van der Waals surface area contributed by atoms with Crippen molar-refractivity contribution in [3.63, 3.8) is 0 Å². The second-order valence-corrected chi connectivity index (χ2v) is 12.8. The zero-order chi connectivity index (χ0) is 32.8. The van der Waals surface area contributed by atoms with Crippen molar-refractivity contribution in [2.45, 2.75) is 45.2 Å². The topological polar surface area (TPSA) is 139 Å². The van der Waals surface area contributed by atoms with Gasteiger partial charge in [0.2, 0.25) is 11.8 Å². The van der Waals surface area contributed by atoms with Crippen LogP contribution in [-0.4, -0.2) is 56.3 Å². The number of nitrogens with one attached hydrogen (secondary N) is 1. The highest BCUT2D eigenvalue weighted by atomic mass is 35.5. The minimum Gasteiger partial charge on any atom is -0.495 e. The van der Waals surface area contributed by atoms with E-state index in [4.69, 9.17) is 16.3 Å². The van der Waals surface area contributed by atoms with Crippen LogP contribution in [-0.2, 0) is 26.2 Å². The first-order valence-corrected chi connectivity index (χ1v) is 15.4. The van der Waals surface area contributed by atoms with Crippen LogP contribution >= 0.6 is 11.6 Å². The Morgan fingerprint density at radius 3 is 2.32 bits per heavy atom. The maximum atomic E-state index is 14.1. The van der Waals surface area contributed by atoms with Gasteiger partial charge in [-0.2, -0.15) is 0 Å². The molecular weight excluding hydrogens is 615 g/mol. The first-order valence-electron chi connectivity index (χ1n) is 13.6. The zero-order valence-electron chi connectivity index (χ0n) is 24.9. The summed E-state index contributed by atoms with van der Waals surface area (Å²) in [4.78, 5) is 38.8. The van der Waals surface area contributed by atoms with Crippen molar-refractivity contribution >= 4 is 44.8 Å². The number of rotatable bonds is 13. The minimum absolute atomic E-state index is 0.0557. The lowest BCUT2D eigenvalue weighted by Crippen LogP contribution is -2.51. The van der Waals surface area contributed by atoms with E-state index in [9.17, 15) is 32.5 Å². The van der Waals surface area contributed by atoms with Gasteiger partial charge in [-0.15, -0.1) is 0 Å². The van der Waals surface area contributed by atoms with Crippen molar-refractivity contribution in [2.24, 2.45) is 5.92 Å². The van der Waals surface area contributed by atoms with E-state index >= 15 is 0 Å². The number of carbonyl (C=O) groups is 2. The van der Waals surface area contributed by atoms with Crippen molar-refractivity contribution < 1.29 is 32.1 Å². The molecule has 0 heterocycles. The highest BCUT2D eigenvalue weighted by Gasteiger charge is 2.35.